The Bertz CT molecular complexity index is 706. The molecule has 1 aliphatic rings. The molecule has 0 saturated carbocycles. The first-order chi connectivity index (χ1) is 12.6. The lowest BCUT2D eigenvalue weighted by Gasteiger charge is -2.33. The monoisotopic (exact) mass is 370 g/mol. The van der Waals surface area contributed by atoms with Gasteiger partial charge < -0.3 is 10.2 Å². The van der Waals surface area contributed by atoms with Crippen molar-refractivity contribution in [1.82, 2.24) is 14.9 Å². The van der Waals surface area contributed by atoms with E-state index in [0.29, 0.717) is 22.9 Å². The van der Waals surface area contributed by atoms with Gasteiger partial charge in [0.25, 0.3) is 0 Å². The van der Waals surface area contributed by atoms with Crippen LogP contribution in [0.3, 0.4) is 0 Å². The van der Waals surface area contributed by atoms with Crippen molar-refractivity contribution in [3.63, 3.8) is 0 Å². The molecule has 3 rings (SSSR count). The van der Waals surface area contributed by atoms with E-state index in [2.05, 4.69) is 53.4 Å². The summed E-state index contributed by atoms with van der Waals surface area (Å²) in [7, 11) is 0. The molecular formula is C20H26N4OS. The number of rotatable bonds is 6. The van der Waals surface area contributed by atoms with Gasteiger partial charge in [-0.25, -0.2) is 9.97 Å². The Labute approximate surface area is 159 Å². The molecule has 0 bridgehead atoms. The van der Waals surface area contributed by atoms with E-state index < -0.39 is 0 Å². The fourth-order valence-electron chi connectivity index (χ4n) is 3.10. The highest BCUT2D eigenvalue weighted by Crippen LogP contribution is 2.21. The molecule has 0 radical (unpaired) electrons. The zero-order chi connectivity index (χ0) is 18.4. The highest BCUT2D eigenvalue weighted by molar-refractivity contribution is 7.99. The van der Waals surface area contributed by atoms with E-state index in [1.807, 2.05) is 4.90 Å². The van der Waals surface area contributed by atoms with E-state index in [0.717, 1.165) is 31.6 Å². The molecule has 1 aromatic heterocycles. The molecule has 1 saturated heterocycles. The highest BCUT2D eigenvalue weighted by Gasteiger charge is 2.23. The van der Waals surface area contributed by atoms with Crippen LogP contribution in [0.4, 0.5) is 5.69 Å². The zero-order valence-electron chi connectivity index (χ0n) is 15.4. The van der Waals surface area contributed by atoms with Gasteiger partial charge in [0.15, 0.2) is 5.16 Å². The molecule has 26 heavy (non-hydrogen) atoms. The Kier molecular flexibility index (Phi) is 6.50. The van der Waals surface area contributed by atoms with Crippen LogP contribution in [0.25, 0.3) is 0 Å². The van der Waals surface area contributed by atoms with Crippen LogP contribution in [0.5, 0.6) is 0 Å². The van der Waals surface area contributed by atoms with Gasteiger partial charge in [-0.05, 0) is 42.5 Å². The Morgan fingerprint density at radius 1 is 1.27 bits per heavy atom. The minimum absolute atomic E-state index is 0.157. The molecule has 0 spiro atoms. The number of nitrogens with one attached hydrogen (secondary N) is 1. The van der Waals surface area contributed by atoms with Crippen molar-refractivity contribution in [3.8, 4) is 0 Å². The third-order valence-electron chi connectivity index (χ3n) is 4.59. The number of amides is 1. The van der Waals surface area contributed by atoms with Crippen LogP contribution >= 0.6 is 11.8 Å². The third kappa shape index (κ3) is 5.21. The number of carbonyl (C=O) groups excluding carboxylic acids is 1. The minimum atomic E-state index is 0.157. The van der Waals surface area contributed by atoms with Crippen LogP contribution in [-0.2, 0) is 4.79 Å². The molecule has 1 unspecified atom stereocenters. The predicted molar refractivity (Wildman–Crippen MR) is 107 cm³/mol. The van der Waals surface area contributed by atoms with Crippen LogP contribution in [0, 0.1) is 0 Å². The summed E-state index contributed by atoms with van der Waals surface area (Å²) in [5.41, 5.74) is 2.47. The van der Waals surface area contributed by atoms with Gasteiger partial charge >= 0.3 is 0 Å². The number of anilines is 1. The van der Waals surface area contributed by atoms with Crippen LogP contribution in [0.15, 0.2) is 47.9 Å². The zero-order valence-corrected chi connectivity index (χ0v) is 16.2. The summed E-state index contributed by atoms with van der Waals surface area (Å²) in [6.45, 7) is 5.98. The minimum Gasteiger partial charge on any atom is -0.381 e. The SMILES string of the molecule is CC(C)c1ccc(NC2CCCN(C(=O)CSc3ncccn3)C2)cc1. The summed E-state index contributed by atoms with van der Waals surface area (Å²) in [4.78, 5) is 22.8. The van der Waals surface area contributed by atoms with Gasteiger partial charge in [0.1, 0.15) is 0 Å². The van der Waals surface area contributed by atoms with Gasteiger partial charge in [0.05, 0.1) is 5.75 Å². The van der Waals surface area contributed by atoms with Crippen molar-refractivity contribution in [1.29, 1.82) is 0 Å². The number of hydrogen-bond acceptors (Lipinski definition) is 5. The Morgan fingerprint density at radius 2 is 2.00 bits per heavy atom. The van der Waals surface area contributed by atoms with Crippen LogP contribution < -0.4 is 5.32 Å². The van der Waals surface area contributed by atoms with Gasteiger partial charge in [0.2, 0.25) is 5.91 Å². The molecule has 138 valence electrons. The predicted octanol–water partition coefficient (Wildman–Crippen LogP) is 3.80. The van der Waals surface area contributed by atoms with Crippen molar-refractivity contribution in [3.05, 3.63) is 48.3 Å². The normalized spacial score (nSPS) is 17.3. The second-order valence-corrected chi connectivity index (χ2v) is 7.86. The van der Waals surface area contributed by atoms with Crippen LogP contribution in [-0.4, -0.2) is 45.7 Å². The summed E-state index contributed by atoms with van der Waals surface area (Å²) < 4.78 is 0. The van der Waals surface area contributed by atoms with Crippen molar-refractivity contribution >= 4 is 23.4 Å². The highest BCUT2D eigenvalue weighted by atomic mass is 32.2. The first-order valence-corrected chi connectivity index (χ1v) is 10.1. The molecule has 1 atom stereocenters. The second kappa shape index (κ2) is 9.03. The van der Waals surface area contributed by atoms with E-state index in [4.69, 9.17) is 0 Å². The quantitative estimate of drug-likeness (QED) is 0.619. The second-order valence-electron chi connectivity index (χ2n) is 6.92. The standard InChI is InChI=1S/C20H26N4OS/c1-15(2)16-6-8-17(9-7-16)23-18-5-3-12-24(13-18)19(25)14-26-20-21-10-4-11-22-20/h4,6-11,15,18,23H,3,5,12-14H2,1-2H3. The van der Waals surface area contributed by atoms with E-state index in [1.54, 1.807) is 18.5 Å². The van der Waals surface area contributed by atoms with Gasteiger partial charge in [0, 0.05) is 37.2 Å². The largest absolute Gasteiger partial charge is 0.381 e. The maximum absolute atomic E-state index is 12.5. The number of carbonyl (C=O) groups is 1. The third-order valence-corrected chi connectivity index (χ3v) is 5.45. The number of hydrogen-bond donors (Lipinski definition) is 1. The number of aromatic nitrogens is 2. The smallest absolute Gasteiger partial charge is 0.233 e. The summed E-state index contributed by atoms with van der Waals surface area (Å²) in [5, 5.41) is 4.23. The lowest BCUT2D eigenvalue weighted by molar-refractivity contribution is -0.129. The summed E-state index contributed by atoms with van der Waals surface area (Å²) in [5.74, 6) is 1.09. The van der Waals surface area contributed by atoms with Crippen molar-refractivity contribution in [2.45, 2.75) is 43.8 Å². The molecule has 2 heterocycles. The molecular weight excluding hydrogens is 344 g/mol. The number of thioether (sulfide) groups is 1. The lowest BCUT2D eigenvalue weighted by Crippen LogP contribution is -2.45. The number of benzene rings is 1. The molecule has 1 aromatic carbocycles. The first-order valence-electron chi connectivity index (χ1n) is 9.16. The van der Waals surface area contributed by atoms with Gasteiger partial charge in [-0.1, -0.05) is 37.7 Å². The summed E-state index contributed by atoms with van der Waals surface area (Å²) in [6.07, 6.45) is 5.51. The van der Waals surface area contributed by atoms with Crippen molar-refractivity contribution in [2.75, 3.05) is 24.2 Å². The molecule has 5 nitrogen and oxygen atoms in total. The molecule has 2 aromatic rings. The lowest BCUT2D eigenvalue weighted by atomic mass is 10.0. The van der Waals surface area contributed by atoms with Gasteiger partial charge in [-0.15, -0.1) is 0 Å². The van der Waals surface area contributed by atoms with E-state index in [9.17, 15) is 4.79 Å². The Hall–Kier alpha value is -2.08. The molecule has 1 amide bonds. The number of nitrogens with zero attached hydrogens (tertiary/aromatic N) is 3. The molecule has 1 aliphatic heterocycles. The fraction of sp³-hybridized carbons (Fsp3) is 0.450. The Balaban J connectivity index is 1.51. The average Bonchev–Trinajstić information content (AvgIpc) is 2.67. The summed E-state index contributed by atoms with van der Waals surface area (Å²) >= 11 is 1.40. The van der Waals surface area contributed by atoms with Gasteiger partial charge in [-0.2, -0.15) is 0 Å². The fourth-order valence-corrected chi connectivity index (χ4v) is 3.80. The van der Waals surface area contributed by atoms with Crippen molar-refractivity contribution < 1.29 is 4.79 Å². The average molecular weight is 371 g/mol. The maximum Gasteiger partial charge on any atom is 0.233 e. The van der Waals surface area contributed by atoms with E-state index in [1.165, 1.54) is 17.3 Å². The molecule has 1 N–H and O–H groups in total. The number of likely N-dealkylation sites (tertiary alicyclic amines) is 1. The Morgan fingerprint density at radius 3 is 2.69 bits per heavy atom. The first kappa shape index (κ1) is 18.7. The van der Waals surface area contributed by atoms with Crippen LogP contribution in [0.1, 0.15) is 38.2 Å². The van der Waals surface area contributed by atoms with E-state index >= 15 is 0 Å². The molecule has 6 heteroatoms. The molecule has 1 fully saturated rings. The number of piperidine rings is 1. The maximum atomic E-state index is 12.5. The summed E-state index contributed by atoms with van der Waals surface area (Å²) in [6, 6.07) is 10.7. The van der Waals surface area contributed by atoms with E-state index in [-0.39, 0.29) is 5.91 Å². The van der Waals surface area contributed by atoms with Crippen LogP contribution in [0.2, 0.25) is 0 Å². The topological polar surface area (TPSA) is 58.1 Å². The van der Waals surface area contributed by atoms with Crippen molar-refractivity contribution in [2.24, 2.45) is 0 Å². The molecule has 0 aliphatic carbocycles. The van der Waals surface area contributed by atoms with Gasteiger partial charge in [-0.3, -0.25) is 4.79 Å².